The lowest BCUT2D eigenvalue weighted by molar-refractivity contribution is 0.00330. The van der Waals surface area contributed by atoms with E-state index >= 15 is 0 Å². The van der Waals surface area contributed by atoms with E-state index in [1.54, 1.807) is 30.2 Å². The van der Waals surface area contributed by atoms with E-state index in [1.165, 1.54) is 0 Å². The normalized spacial score (nSPS) is 20.0. The Morgan fingerprint density at radius 3 is 2.76 bits per heavy atom. The van der Waals surface area contributed by atoms with Gasteiger partial charge in [-0.3, -0.25) is 4.79 Å². The predicted octanol–water partition coefficient (Wildman–Crippen LogP) is 1.41. The summed E-state index contributed by atoms with van der Waals surface area (Å²) in [5.74, 6) is 0.657. The fourth-order valence-electron chi connectivity index (χ4n) is 2.84. The highest BCUT2D eigenvalue weighted by molar-refractivity contribution is 5.94. The number of ether oxygens (including phenoxy) is 2. The van der Waals surface area contributed by atoms with E-state index in [1.807, 2.05) is 6.07 Å². The first-order valence-corrected chi connectivity index (χ1v) is 7.02. The van der Waals surface area contributed by atoms with Crippen LogP contribution in [0.5, 0.6) is 5.75 Å². The highest BCUT2D eigenvalue weighted by Crippen LogP contribution is 2.30. The van der Waals surface area contributed by atoms with Crippen molar-refractivity contribution in [2.24, 2.45) is 0 Å². The minimum Gasteiger partial charge on any atom is -0.497 e. The minimum atomic E-state index is -0.428. The molecular weight excluding hydrogens is 272 g/mol. The Balaban J connectivity index is 1.66. The van der Waals surface area contributed by atoms with Crippen LogP contribution < -0.4 is 10.1 Å². The van der Waals surface area contributed by atoms with Gasteiger partial charge >= 0.3 is 6.09 Å². The second-order valence-electron chi connectivity index (χ2n) is 5.45. The molecule has 2 fully saturated rings. The summed E-state index contributed by atoms with van der Waals surface area (Å²) >= 11 is 0. The quantitative estimate of drug-likeness (QED) is 0.894. The van der Waals surface area contributed by atoms with E-state index in [-0.39, 0.29) is 12.0 Å². The summed E-state index contributed by atoms with van der Waals surface area (Å²) in [6.07, 6.45) is 0.977. The van der Waals surface area contributed by atoms with Crippen LogP contribution in [0.25, 0.3) is 0 Å². The van der Waals surface area contributed by atoms with Crippen LogP contribution in [-0.4, -0.2) is 49.2 Å². The number of piperidine rings is 1. The van der Waals surface area contributed by atoms with Gasteiger partial charge in [0.25, 0.3) is 5.91 Å². The van der Waals surface area contributed by atoms with Crippen molar-refractivity contribution < 1.29 is 19.1 Å². The van der Waals surface area contributed by atoms with Gasteiger partial charge in [0.2, 0.25) is 0 Å². The third-order valence-electron chi connectivity index (χ3n) is 4.14. The van der Waals surface area contributed by atoms with Gasteiger partial charge in [0, 0.05) is 31.5 Å². The summed E-state index contributed by atoms with van der Waals surface area (Å²) in [6, 6.07) is 7.14. The number of nitrogens with one attached hydrogen (secondary N) is 1. The Bertz CT molecular complexity index is 565. The number of likely N-dealkylation sites (tertiary alicyclic amines) is 1. The molecule has 1 N–H and O–H groups in total. The van der Waals surface area contributed by atoms with Gasteiger partial charge in [-0.05, 0) is 18.2 Å². The Morgan fingerprint density at radius 1 is 1.38 bits per heavy atom. The van der Waals surface area contributed by atoms with Crippen LogP contribution in [0.15, 0.2) is 24.3 Å². The lowest BCUT2D eigenvalue weighted by Gasteiger charge is -2.37. The molecule has 1 aromatic carbocycles. The number of carbonyl (C=O) groups excluding carboxylic acids is 2. The zero-order valence-electron chi connectivity index (χ0n) is 11.9. The van der Waals surface area contributed by atoms with Crippen molar-refractivity contribution in [3.63, 3.8) is 0 Å². The van der Waals surface area contributed by atoms with E-state index in [2.05, 4.69) is 5.32 Å². The van der Waals surface area contributed by atoms with E-state index in [4.69, 9.17) is 9.47 Å². The molecule has 21 heavy (non-hydrogen) atoms. The maximum Gasteiger partial charge on any atom is 0.407 e. The first kappa shape index (κ1) is 13.7. The summed E-state index contributed by atoms with van der Waals surface area (Å²) in [7, 11) is 1.58. The Labute approximate surface area is 123 Å². The van der Waals surface area contributed by atoms with Gasteiger partial charge in [0.1, 0.15) is 11.4 Å². The minimum absolute atomic E-state index is 0.0129. The number of methoxy groups -OCH3 is 1. The molecule has 0 radical (unpaired) electrons. The predicted molar refractivity (Wildman–Crippen MR) is 75.3 cm³/mol. The Kier molecular flexibility index (Phi) is 3.45. The number of benzene rings is 1. The van der Waals surface area contributed by atoms with Crippen LogP contribution in [0.2, 0.25) is 0 Å². The highest BCUT2D eigenvalue weighted by Gasteiger charge is 2.43. The van der Waals surface area contributed by atoms with Gasteiger partial charge in [-0.1, -0.05) is 6.07 Å². The Morgan fingerprint density at radius 2 is 2.14 bits per heavy atom. The topological polar surface area (TPSA) is 67.9 Å². The van der Waals surface area contributed by atoms with Crippen molar-refractivity contribution in [2.75, 3.05) is 26.7 Å². The van der Waals surface area contributed by atoms with Crippen molar-refractivity contribution in [3.05, 3.63) is 29.8 Å². The highest BCUT2D eigenvalue weighted by atomic mass is 16.6. The molecule has 0 unspecified atom stereocenters. The monoisotopic (exact) mass is 290 g/mol. The third kappa shape index (κ3) is 2.66. The first-order valence-electron chi connectivity index (χ1n) is 7.02. The van der Waals surface area contributed by atoms with Crippen molar-refractivity contribution in [1.29, 1.82) is 0 Å². The molecule has 2 aliphatic heterocycles. The summed E-state index contributed by atoms with van der Waals surface area (Å²) < 4.78 is 10.5. The number of rotatable bonds is 2. The molecule has 112 valence electrons. The molecule has 6 heteroatoms. The van der Waals surface area contributed by atoms with Crippen LogP contribution in [-0.2, 0) is 4.74 Å². The molecule has 2 amide bonds. The first-order chi connectivity index (χ1) is 10.1. The lowest BCUT2D eigenvalue weighted by Crippen LogP contribution is -2.48. The van der Waals surface area contributed by atoms with Crippen molar-refractivity contribution in [2.45, 2.75) is 18.4 Å². The summed E-state index contributed by atoms with van der Waals surface area (Å²) in [5.41, 5.74) is 0.189. The number of nitrogens with zero attached hydrogens (tertiary/aromatic N) is 1. The van der Waals surface area contributed by atoms with Crippen molar-refractivity contribution in [3.8, 4) is 5.75 Å². The molecule has 0 atom stereocenters. The number of hydrogen-bond acceptors (Lipinski definition) is 4. The van der Waals surface area contributed by atoms with Gasteiger partial charge in [-0.15, -0.1) is 0 Å². The maximum absolute atomic E-state index is 12.5. The molecular formula is C15H18N2O4. The second-order valence-corrected chi connectivity index (χ2v) is 5.45. The number of hydrogen-bond donors (Lipinski definition) is 1. The maximum atomic E-state index is 12.5. The van der Waals surface area contributed by atoms with Crippen molar-refractivity contribution >= 4 is 12.0 Å². The zero-order valence-corrected chi connectivity index (χ0v) is 11.9. The van der Waals surface area contributed by atoms with E-state index in [0.717, 1.165) is 0 Å². The smallest absolute Gasteiger partial charge is 0.407 e. The summed E-state index contributed by atoms with van der Waals surface area (Å²) in [4.78, 5) is 25.5. The molecule has 0 bridgehead atoms. The van der Waals surface area contributed by atoms with Gasteiger partial charge in [-0.2, -0.15) is 0 Å². The van der Waals surface area contributed by atoms with Gasteiger partial charge in [0.15, 0.2) is 0 Å². The van der Waals surface area contributed by atoms with Gasteiger partial charge in [-0.25, -0.2) is 4.79 Å². The zero-order chi connectivity index (χ0) is 14.9. The second kappa shape index (κ2) is 5.27. The van der Waals surface area contributed by atoms with Gasteiger partial charge in [0.05, 0.1) is 13.7 Å². The molecule has 0 aliphatic carbocycles. The molecule has 2 aliphatic rings. The number of amides is 2. The number of carbonyl (C=O) groups is 2. The summed E-state index contributed by atoms with van der Waals surface area (Å²) in [5, 5.41) is 2.69. The fraction of sp³-hybridized carbons (Fsp3) is 0.467. The number of alkyl carbamates (subject to hydrolysis) is 1. The van der Waals surface area contributed by atoms with Crippen LogP contribution in [0.3, 0.4) is 0 Å². The van der Waals surface area contributed by atoms with E-state index < -0.39 is 5.60 Å². The van der Waals surface area contributed by atoms with Crippen LogP contribution >= 0.6 is 0 Å². The molecule has 1 spiro atoms. The molecule has 3 rings (SSSR count). The average Bonchev–Trinajstić information content (AvgIpc) is 2.88. The molecule has 2 heterocycles. The van der Waals surface area contributed by atoms with Crippen LogP contribution in [0.4, 0.5) is 4.79 Å². The third-order valence-corrected chi connectivity index (χ3v) is 4.14. The molecule has 6 nitrogen and oxygen atoms in total. The van der Waals surface area contributed by atoms with E-state index in [0.29, 0.717) is 43.8 Å². The van der Waals surface area contributed by atoms with Crippen LogP contribution in [0.1, 0.15) is 23.2 Å². The van der Waals surface area contributed by atoms with Crippen molar-refractivity contribution in [1.82, 2.24) is 10.2 Å². The van der Waals surface area contributed by atoms with Gasteiger partial charge < -0.3 is 19.7 Å². The SMILES string of the molecule is COc1cccc(C(=O)N2CCC3(CC2)CNC(=O)O3)c1. The standard InChI is InChI=1S/C15H18N2O4/c1-20-12-4-2-3-11(9-12)13(18)17-7-5-15(6-8-17)10-16-14(19)21-15/h2-4,9H,5-8,10H2,1H3,(H,16,19). The molecule has 2 saturated heterocycles. The summed E-state index contributed by atoms with van der Waals surface area (Å²) in [6.45, 7) is 1.71. The fourth-order valence-corrected chi connectivity index (χ4v) is 2.84. The molecule has 1 aromatic rings. The van der Waals surface area contributed by atoms with E-state index in [9.17, 15) is 9.59 Å². The largest absolute Gasteiger partial charge is 0.497 e. The van der Waals surface area contributed by atoms with Crippen LogP contribution in [0, 0.1) is 0 Å². The lowest BCUT2D eigenvalue weighted by atomic mass is 9.91. The molecule has 0 saturated carbocycles. The Hall–Kier alpha value is -2.24. The molecule has 0 aromatic heterocycles. The average molecular weight is 290 g/mol.